The molecule has 3 aromatic rings. The Balaban J connectivity index is 1.70. The van der Waals surface area contributed by atoms with E-state index in [9.17, 15) is 31.1 Å². The fourth-order valence-corrected chi connectivity index (χ4v) is 4.22. The van der Waals surface area contributed by atoms with Gasteiger partial charge < -0.3 is 9.32 Å². The number of aromatic nitrogens is 1. The first-order valence-electron chi connectivity index (χ1n) is 9.14. The Bertz CT molecular complexity index is 1090. The zero-order chi connectivity index (χ0) is 22.4. The van der Waals surface area contributed by atoms with Crippen LogP contribution < -0.4 is 0 Å². The Hall–Kier alpha value is -2.82. The van der Waals surface area contributed by atoms with Gasteiger partial charge in [0.15, 0.2) is 0 Å². The minimum Gasteiger partial charge on any atom is -0.438 e. The van der Waals surface area contributed by atoms with Crippen molar-refractivity contribution in [1.82, 2.24) is 9.88 Å². The van der Waals surface area contributed by atoms with Gasteiger partial charge in [0.25, 0.3) is 5.91 Å². The average Bonchev–Trinajstić information content (AvgIpc) is 3.45. The van der Waals surface area contributed by atoms with E-state index < -0.39 is 41.0 Å². The summed E-state index contributed by atoms with van der Waals surface area (Å²) in [6, 6.07) is 3.73. The maximum Gasteiger partial charge on any atom is 0.417 e. The molecule has 11 heteroatoms. The summed E-state index contributed by atoms with van der Waals surface area (Å²) in [6.07, 6.45) is -7.62. The van der Waals surface area contributed by atoms with Crippen LogP contribution in [0.5, 0.6) is 0 Å². The maximum atomic E-state index is 13.4. The first-order valence-corrected chi connectivity index (χ1v) is 10.0. The second-order valence-electron chi connectivity index (χ2n) is 6.96. The molecule has 3 heterocycles. The lowest BCUT2D eigenvalue weighted by Crippen LogP contribution is -2.32. The topological polar surface area (TPSA) is 46.3 Å². The van der Waals surface area contributed by atoms with Gasteiger partial charge in [-0.05, 0) is 42.5 Å². The van der Waals surface area contributed by atoms with Gasteiger partial charge in [0.1, 0.15) is 5.76 Å². The molecule has 164 valence electrons. The number of thiophene rings is 1. The lowest BCUT2D eigenvalue weighted by molar-refractivity contribution is -0.141. The van der Waals surface area contributed by atoms with E-state index in [1.165, 1.54) is 17.5 Å². The van der Waals surface area contributed by atoms with Crippen LogP contribution in [0.2, 0.25) is 0 Å². The number of rotatable bonds is 3. The summed E-state index contributed by atoms with van der Waals surface area (Å²) in [5, 5.41) is 1.82. The Morgan fingerprint density at radius 3 is 2.55 bits per heavy atom. The van der Waals surface area contributed by atoms with Gasteiger partial charge in [0, 0.05) is 6.54 Å². The monoisotopic (exact) mass is 460 g/mol. The van der Waals surface area contributed by atoms with Gasteiger partial charge in [-0.3, -0.25) is 4.79 Å². The molecule has 2 aromatic heterocycles. The molecule has 1 aliphatic rings. The van der Waals surface area contributed by atoms with E-state index in [0.29, 0.717) is 30.9 Å². The molecule has 1 atom stereocenters. The Kier molecular flexibility index (Phi) is 5.32. The minimum absolute atomic E-state index is 0.0894. The summed E-state index contributed by atoms with van der Waals surface area (Å²) in [5.41, 5.74) is -3.76. The average molecular weight is 460 g/mol. The molecule has 31 heavy (non-hydrogen) atoms. The fraction of sp³-hybridized carbons (Fsp3) is 0.300. The maximum absolute atomic E-state index is 13.4. The third-order valence-corrected chi connectivity index (χ3v) is 5.84. The highest BCUT2D eigenvalue weighted by molar-refractivity contribution is 7.13. The SMILES string of the molecule is O=C(c1cc(C(F)(F)F)ccc1C(F)(F)F)N1CCCC1c1cnc(-c2cccs2)o1. The quantitative estimate of drug-likeness (QED) is 0.424. The van der Waals surface area contributed by atoms with E-state index in [0.717, 1.165) is 9.78 Å². The number of alkyl halides is 6. The molecule has 0 radical (unpaired) electrons. The number of likely N-dealkylation sites (tertiary alicyclic amines) is 1. The van der Waals surface area contributed by atoms with Crippen molar-refractivity contribution < 1.29 is 35.6 Å². The van der Waals surface area contributed by atoms with Crippen molar-refractivity contribution in [1.29, 1.82) is 0 Å². The lowest BCUT2D eigenvalue weighted by atomic mass is 10.0. The number of benzene rings is 1. The van der Waals surface area contributed by atoms with Gasteiger partial charge in [0.2, 0.25) is 5.89 Å². The molecule has 0 saturated carbocycles. The zero-order valence-electron chi connectivity index (χ0n) is 15.6. The normalized spacial score (nSPS) is 17.4. The van der Waals surface area contributed by atoms with Crippen LogP contribution in [0.25, 0.3) is 10.8 Å². The van der Waals surface area contributed by atoms with Crippen molar-refractivity contribution in [2.45, 2.75) is 31.2 Å². The molecule has 1 saturated heterocycles. The smallest absolute Gasteiger partial charge is 0.417 e. The predicted molar refractivity (Wildman–Crippen MR) is 99.3 cm³/mol. The molecular weight excluding hydrogens is 446 g/mol. The summed E-state index contributed by atoms with van der Waals surface area (Å²) in [5.74, 6) is -0.552. The van der Waals surface area contributed by atoms with Crippen LogP contribution in [0, 0.1) is 0 Å². The minimum atomic E-state index is -4.98. The number of amides is 1. The lowest BCUT2D eigenvalue weighted by Gasteiger charge is -2.25. The highest BCUT2D eigenvalue weighted by atomic mass is 32.1. The first-order chi connectivity index (χ1) is 14.6. The van der Waals surface area contributed by atoms with Crippen molar-refractivity contribution >= 4 is 17.2 Å². The van der Waals surface area contributed by atoms with Crippen LogP contribution >= 0.6 is 11.3 Å². The first kappa shape index (κ1) is 21.4. The van der Waals surface area contributed by atoms with Crippen molar-refractivity contribution in [2.24, 2.45) is 0 Å². The number of carbonyl (C=O) groups is 1. The molecule has 1 fully saturated rings. The largest absolute Gasteiger partial charge is 0.438 e. The summed E-state index contributed by atoms with van der Waals surface area (Å²) < 4.78 is 85.2. The van der Waals surface area contributed by atoms with Crippen molar-refractivity contribution in [3.8, 4) is 10.8 Å². The molecule has 0 N–H and O–H groups in total. The summed E-state index contributed by atoms with van der Waals surface area (Å²) in [7, 11) is 0. The highest BCUT2D eigenvalue weighted by Gasteiger charge is 2.41. The van der Waals surface area contributed by atoms with Gasteiger partial charge in [-0.15, -0.1) is 11.3 Å². The van der Waals surface area contributed by atoms with Gasteiger partial charge in [-0.25, -0.2) is 4.98 Å². The Morgan fingerprint density at radius 2 is 1.90 bits per heavy atom. The summed E-state index contributed by atoms with van der Waals surface area (Å²) in [6.45, 7) is 0.0894. The zero-order valence-corrected chi connectivity index (χ0v) is 16.4. The van der Waals surface area contributed by atoms with Crippen LogP contribution in [0.3, 0.4) is 0 Å². The number of hydrogen-bond donors (Lipinski definition) is 0. The summed E-state index contributed by atoms with van der Waals surface area (Å²) in [4.78, 5) is 19.0. The van der Waals surface area contributed by atoms with E-state index in [-0.39, 0.29) is 18.4 Å². The number of hydrogen-bond acceptors (Lipinski definition) is 4. The number of oxazole rings is 1. The number of halogens is 6. The molecule has 0 spiro atoms. The Morgan fingerprint density at radius 1 is 1.13 bits per heavy atom. The van der Waals surface area contributed by atoms with Crippen molar-refractivity contribution in [3.05, 3.63) is 64.4 Å². The highest BCUT2D eigenvalue weighted by Crippen LogP contribution is 2.40. The molecule has 0 bridgehead atoms. The molecule has 1 aliphatic heterocycles. The molecule has 0 aliphatic carbocycles. The van der Waals surface area contributed by atoms with Crippen molar-refractivity contribution in [3.63, 3.8) is 0 Å². The van der Waals surface area contributed by atoms with Crippen LogP contribution in [0.1, 0.15) is 46.1 Å². The van der Waals surface area contributed by atoms with Gasteiger partial charge >= 0.3 is 12.4 Å². The van der Waals surface area contributed by atoms with Gasteiger partial charge in [0.05, 0.1) is 33.8 Å². The molecule has 1 unspecified atom stereocenters. The second-order valence-corrected chi connectivity index (χ2v) is 7.91. The van der Waals surface area contributed by atoms with Crippen LogP contribution in [0.15, 0.2) is 46.3 Å². The molecular formula is C20H14F6N2O2S. The van der Waals surface area contributed by atoms with Crippen molar-refractivity contribution in [2.75, 3.05) is 6.54 Å². The molecule has 1 amide bonds. The second kappa shape index (κ2) is 7.70. The Labute approximate surface area is 176 Å². The van der Waals surface area contributed by atoms with Gasteiger partial charge in [-0.1, -0.05) is 6.07 Å². The van der Waals surface area contributed by atoms with E-state index in [1.807, 2.05) is 5.38 Å². The molecule has 1 aromatic carbocycles. The third-order valence-electron chi connectivity index (χ3n) is 4.98. The van der Waals surface area contributed by atoms with E-state index in [2.05, 4.69) is 4.98 Å². The molecule has 4 rings (SSSR count). The van der Waals surface area contributed by atoms with E-state index >= 15 is 0 Å². The van der Waals surface area contributed by atoms with Gasteiger partial charge in [-0.2, -0.15) is 26.3 Å². The fourth-order valence-electron chi connectivity index (χ4n) is 3.56. The standard InChI is InChI=1S/C20H14F6N2O2S/c21-19(22,23)11-5-6-13(20(24,25)26)12(9-11)18(29)28-7-1-3-14(28)15-10-27-17(30-15)16-4-2-8-31-16/h2,4-6,8-10,14H,1,3,7H2. The molecule has 4 nitrogen and oxygen atoms in total. The van der Waals surface area contributed by atoms with Crippen LogP contribution in [-0.4, -0.2) is 22.3 Å². The van der Waals surface area contributed by atoms with E-state index in [1.54, 1.807) is 12.1 Å². The third kappa shape index (κ3) is 4.18. The predicted octanol–water partition coefficient (Wildman–Crippen LogP) is 6.42. The van der Waals surface area contributed by atoms with E-state index in [4.69, 9.17) is 4.42 Å². The van der Waals surface area contributed by atoms with Crippen LogP contribution in [0.4, 0.5) is 26.3 Å². The number of carbonyl (C=O) groups excluding carboxylic acids is 1. The number of nitrogens with zero attached hydrogens (tertiary/aromatic N) is 2. The van der Waals surface area contributed by atoms with Crippen LogP contribution in [-0.2, 0) is 12.4 Å². The summed E-state index contributed by atoms with van der Waals surface area (Å²) >= 11 is 1.38.